The monoisotopic (exact) mass is 355 g/mol. The van der Waals surface area contributed by atoms with Crippen LogP contribution in [0, 0.1) is 0 Å². The Hall–Kier alpha value is -2.86. The summed E-state index contributed by atoms with van der Waals surface area (Å²) >= 11 is 0. The summed E-state index contributed by atoms with van der Waals surface area (Å²) in [7, 11) is 5.57. The number of amides is 2. The van der Waals surface area contributed by atoms with Crippen molar-refractivity contribution >= 4 is 17.5 Å². The first-order chi connectivity index (χ1) is 12.4. The number of urea groups is 1. The predicted molar refractivity (Wildman–Crippen MR) is 103 cm³/mol. The van der Waals surface area contributed by atoms with Crippen LogP contribution in [0.5, 0.6) is 5.75 Å². The molecule has 0 aliphatic heterocycles. The van der Waals surface area contributed by atoms with Crippen molar-refractivity contribution in [2.24, 2.45) is 0 Å². The van der Waals surface area contributed by atoms with Gasteiger partial charge in [0.15, 0.2) is 5.78 Å². The van der Waals surface area contributed by atoms with Crippen LogP contribution >= 0.6 is 0 Å². The van der Waals surface area contributed by atoms with E-state index in [1.54, 1.807) is 31.4 Å². The van der Waals surface area contributed by atoms with E-state index >= 15 is 0 Å². The van der Waals surface area contributed by atoms with Crippen LogP contribution < -0.4 is 15.4 Å². The van der Waals surface area contributed by atoms with Crippen LogP contribution in [0.2, 0.25) is 0 Å². The number of hydrogen-bond donors (Lipinski definition) is 2. The first kappa shape index (κ1) is 19.5. The molecule has 2 aromatic carbocycles. The number of anilines is 1. The molecular formula is C20H25N3O3. The number of Topliss-reactive ketones (excluding diaryl/α,β-unsaturated/α-hetero) is 1. The van der Waals surface area contributed by atoms with Gasteiger partial charge in [-0.1, -0.05) is 12.1 Å². The lowest BCUT2D eigenvalue weighted by molar-refractivity contribution is 0.101. The Kier molecular flexibility index (Phi) is 6.74. The van der Waals surface area contributed by atoms with E-state index in [-0.39, 0.29) is 17.9 Å². The van der Waals surface area contributed by atoms with Crippen molar-refractivity contribution in [2.75, 3.05) is 33.1 Å². The molecule has 0 spiro atoms. The van der Waals surface area contributed by atoms with Crippen molar-refractivity contribution in [3.8, 4) is 5.75 Å². The molecule has 2 N–H and O–H groups in total. The quantitative estimate of drug-likeness (QED) is 0.748. The van der Waals surface area contributed by atoms with Crippen LogP contribution in [0.1, 0.15) is 28.9 Å². The van der Waals surface area contributed by atoms with Crippen LogP contribution in [-0.4, -0.2) is 44.5 Å². The molecule has 0 aromatic heterocycles. The summed E-state index contributed by atoms with van der Waals surface area (Å²) in [6, 6.07) is 14.3. The van der Waals surface area contributed by atoms with Crippen molar-refractivity contribution in [1.29, 1.82) is 0 Å². The number of nitrogens with one attached hydrogen (secondary N) is 2. The standard InChI is InChI=1S/C20H25N3O3/c1-14(24)15-5-9-17(10-6-15)22-20(25)21-13-19(23(2)3)16-7-11-18(26-4)12-8-16/h5-12,19H,13H2,1-4H3,(H2,21,22,25). The molecule has 0 bridgehead atoms. The molecule has 2 amide bonds. The van der Waals surface area contributed by atoms with Crippen molar-refractivity contribution in [3.05, 3.63) is 59.7 Å². The molecule has 26 heavy (non-hydrogen) atoms. The Morgan fingerprint density at radius 1 is 1.04 bits per heavy atom. The number of carbonyl (C=O) groups is 2. The maximum atomic E-state index is 12.2. The molecule has 0 fully saturated rings. The fourth-order valence-corrected chi connectivity index (χ4v) is 2.58. The average Bonchev–Trinajstić information content (AvgIpc) is 2.62. The zero-order valence-electron chi connectivity index (χ0n) is 15.6. The first-order valence-corrected chi connectivity index (χ1v) is 8.37. The zero-order chi connectivity index (χ0) is 19.1. The summed E-state index contributed by atoms with van der Waals surface area (Å²) in [6.07, 6.45) is 0. The van der Waals surface area contributed by atoms with E-state index in [1.165, 1.54) is 6.92 Å². The zero-order valence-corrected chi connectivity index (χ0v) is 15.6. The van der Waals surface area contributed by atoms with Gasteiger partial charge in [-0.3, -0.25) is 4.79 Å². The lowest BCUT2D eigenvalue weighted by atomic mass is 10.1. The Morgan fingerprint density at radius 2 is 1.65 bits per heavy atom. The van der Waals surface area contributed by atoms with Crippen LogP contribution in [0.15, 0.2) is 48.5 Å². The van der Waals surface area contributed by atoms with E-state index in [2.05, 4.69) is 10.6 Å². The molecular weight excluding hydrogens is 330 g/mol. The second-order valence-corrected chi connectivity index (χ2v) is 6.22. The summed E-state index contributed by atoms with van der Waals surface area (Å²) in [5.41, 5.74) is 2.34. The normalized spacial score (nSPS) is 11.7. The molecule has 0 aliphatic rings. The highest BCUT2D eigenvalue weighted by Crippen LogP contribution is 2.20. The molecule has 2 aromatic rings. The second kappa shape index (κ2) is 9.01. The molecule has 1 atom stereocenters. The lowest BCUT2D eigenvalue weighted by Gasteiger charge is -2.25. The highest BCUT2D eigenvalue weighted by molar-refractivity contribution is 5.95. The van der Waals surface area contributed by atoms with Gasteiger partial charge >= 0.3 is 6.03 Å². The third-order valence-corrected chi connectivity index (χ3v) is 4.13. The number of methoxy groups -OCH3 is 1. The van der Waals surface area contributed by atoms with Crippen molar-refractivity contribution < 1.29 is 14.3 Å². The third-order valence-electron chi connectivity index (χ3n) is 4.13. The first-order valence-electron chi connectivity index (χ1n) is 8.37. The van der Waals surface area contributed by atoms with Gasteiger partial charge in [-0.15, -0.1) is 0 Å². The number of likely N-dealkylation sites (N-methyl/N-ethyl adjacent to an activating group) is 1. The second-order valence-electron chi connectivity index (χ2n) is 6.22. The van der Waals surface area contributed by atoms with Gasteiger partial charge in [0.05, 0.1) is 13.2 Å². The Labute approximate surface area is 154 Å². The van der Waals surface area contributed by atoms with E-state index < -0.39 is 0 Å². The number of ether oxygens (including phenoxy) is 1. The van der Waals surface area contributed by atoms with Gasteiger partial charge in [-0.2, -0.15) is 0 Å². The number of benzene rings is 2. The van der Waals surface area contributed by atoms with Crippen molar-refractivity contribution in [2.45, 2.75) is 13.0 Å². The maximum absolute atomic E-state index is 12.2. The van der Waals surface area contributed by atoms with E-state index in [0.717, 1.165) is 11.3 Å². The summed E-state index contributed by atoms with van der Waals surface area (Å²) in [5, 5.41) is 5.66. The highest BCUT2D eigenvalue weighted by Gasteiger charge is 2.15. The molecule has 2 rings (SSSR count). The molecule has 6 heteroatoms. The van der Waals surface area contributed by atoms with Gasteiger partial charge in [-0.05, 0) is 63.0 Å². The molecule has 0 saturated carbocycles. The topological polar surface area (TPSA) is 70.7 Å². The van der Waals surface area contributed by atoms with E-state index in [9.17, 15) is 9.59 Å². The van der Waals surface area contributed by atoms with Gasteiger partial charge < -0.3 is 20.3 Å². The van der Waals surface area contributed by atoms with E-state index in [1.807, 2.05) is 43.3 Å². The van der Waals surface area contributed by atoms with Gasteiger partial charge in [0, 0.05) is 17.8 Å². The van der Waals surface area contributed by atoms with Gasteiger partial charge in [0.1, 0.15) is 5.75 Å². The largest absolute Gasteiger partial charge is 0.497 e. The van der Waals surface area contributed by atoms with Crippen LogP contribution in [-0.2, 0) is 0 Å². The molecule has 0 saturated heterocycles. The number of hydrogen-bond acceptors (Lipinski definition) is 4. The molecule has 6 nitrogen and oxygen atoms in total. The maximum Gasteiger partial charge on any atom is 0.319 e. The van der Waals surface area contributed by atoms with Gasteiger partial charge in [0.2, 0.25) is 0 Å². The molecule has 0 aliphatic carbocycles. The van der Waals surface area contributed by atoms with E-state index in [0.29, 0.717) is 17.8 Å². The van der Waals surface area contributed by atoms with Crippen LogP contribution in [0.3, 0.4) is 0 Å². The van der Waals surface area contributed by atoms with Crippen LogP contribution in [0.25, 0.3) is 0 Å². The van der Waals surface area contributed by atoms with Gasteiger partial charge in [0.25, 0.3) is 0 Å². The third kappa shape index (κ3) is 5.32. The summed E-state index contributed by atoms with van der Waals surface area (Å²) < 4.78 is 5.18. The predicted octanol–water partition coefficient (Wildman–Crippen LogP) is 3.32. The molecule has 0 heterocycles. The number of ketones is 1. The smallest absolute Gasteiger partial charge is 0.319 e. The number of nitrogens with zero attached hydrogens (tertiary/aromatic N) is 1. The number of rotatable bonds is 7. The molecule has 0 radical (unpaired) electrons. The highest BCUT2D eigenvalue weighted by atomic mass is 16.5. The minimum absolute atomic E-state index is 0.00526. The van der Waals surface area contributed by atoms with Crippen LogP contribution in [0.4, 0.5) is 10.5 Å². The summed E-state index contributed by atoms with van der Waals surface area (Å²) in [6.45, 7) is 1.96. The SMILES string of the molecule is COc1ccc(C(CNC(=O)Nc2ccc(C(C)=O)cc2)N(C)C)cc1. The summed E-state index contributed by atoms with van der Waals surface area (Å²) in [4.78, 5) is 25.5. The Balaban J connectivity index is 1.95. The van der Waals surface area contributed by atoms with Crippen molar-refractivity contribution in [3.63, 3.8) is 0 Å². The fraction of sp³-hybridized carbons (Fsp3) is 0.300. The Morgan fingerprint density at radius 3 is 2.15 bits per heavy atom. The molecule has 138 valence electrons. The lowest BCUT2D eigenvalue weighted by Crippen LogP contribution is -2.36. The minimum atomic E-state index is -0.291. The fourth-order valence-electron chi connectivity index (χ4n) is 2.58. The minimum Gasteiger partial charge on any atom is -0.497 e. The number of carbonyl (C=O) groups excluding carboxylic acids is 2. The summed E-state index contributed by atoms with van der Waals surface area (Å²) in [5.74, 6) is 0.792. The van der Waals surface area contributed by atoms with Gasteiger partial charge in [-0.25, -0.2) is 4.79 Å². The average molecular weight is 355 g/mol. The van der Waals surface area contributed by atoms with Crippen molar-refractivity contribution in [1.82, 2.24) is 10.2 Å². The molecule has 1 unspecified atom stereocenters. The Bertz CT molecular complexity index is 740. The van der Waals surface area contributed by atoms with E-state index in [4.69, 9.17) is 4.74 Å².